The lowest BCUT2D eigenvalue weighted by Gasteiger charge is -2.44. The molecule has 0 bridgehead atoms. The normalized spacial score (nSPS) is 23.5. The van der Waals surface area contributed by atoms with Crippen molar-refractivity contribution in [2.75, 3.05) is 0 Å². The molecule has 206 valence electrons. The zero-order valence-electron chi connectivity index (χ0n) is 14.9. The third-order valence-electron chi connectivity index (χ3n) is 4.41. The minimum atomic E-state index is -9.17. The van der Waals surface area contributed by atoms with E-state index in [2.05, 4.69) is 0 Å². The molecule has 1 aliphatic heterocycles. The molecule has 0 aromatic carbocycles. The van der Waals surface area contributed by atoms with E-state index >= 15 is 0 Å². The van der Waals surface area contributed by atoms with E-state index in [0.717, 1.165) is 0 Å². The minimum absolute atomic E-state index is 0.184. The molecular formula is C12HF20NO2. The quantitative estimate of drug-likeness (QED) is 0.346. The number of carbonyl (C=O) groups is 2. The summed E-state index contributed by atoms with van der Waals surface area (Å²) in [4.78, 5) is 21.5. The summed E-state index contributed by atoms with van der Waals surface area (Å²) in [5, 5.41) is -0.184. The van der Waals surface area contributed by atoms with Gasteiger partial charge in [-0.2, -0.15) is 83.4 Å². The molecule has 1 unspecified atom stereocenters. The van der Waals surface area contributed by atoms with Crippen molar-refractivity contribution in [3.8, 4) is 0 Å². The standard InChI is InChI=1S/C12HF20NO2/c13-3(1(34)33-2(35)4(3,14)15)5(16,17)6(18,19)7(20,21)8(22,23)9(24,25)10(26,27)11(28,29)12(30,31)32/h(H,33,34,35). The van der Waals surface area contributed by atoms with Crippen LogP contribution in [0.1, 0.15) is 0 Å². The molecule has 0 aliphatic carbocycles. The van der Waals surface area contributed by atoms with Crippen LogP contribution in [0.5, 0.6) is 0 Å². The Bertz CT molecular complexity index is 902. The average Bonchev–Trinajstić information content (AvgIpc) is 2.79. The van der Waals surface area contributed by atoms with Gasteiger partial charge in [0.05, 0.1) is 0 Å². The molecule has 0 aromatic heterocycles. The van der Waals surface area contributed by atoms with Gasteiger partial charge < -0.3 is 0 Å². The summed E-state index contributed by atoms with van der Waals surface area (Å²) in [6, 6.07) is 0. The van der Waals surface area contributed by atoms with Gasteiger partial charge >= 0.3 is 65.1 Å². The zero-order valence-corrected chi connectivity index (χ0v) is 14.9. The van der Waals surface area contributed by atoms with Crippen LogP contribution >= 0.6 is 0 Å². The van der Waals surface area contributed by atoms with E-state index in [0.29, 0.717) is 0 Å². The second-order valence-electron chi connectivity index (χ2n) is 6.53. The maximum absolute atomic E-state index is 14.0. The summed E-state index contributed by atoms with van der Waals surface area (Å²) in [5.74, 6) is -76.5. The first kappa shape index (κ1) is 30.8. The molecule has 0 radical (unpaired) electrons. The van der Waals surface area contributed by atoms with Gasteiger partial charge in [-0.25, -0.2) is 4.39 Å². The van der Waals surface area contributed by atoms with Crippen molar-refractivity contribution >= 4 is 11.8 Å². The molecule has 1 fully saturated rings. The largest absolute Gasteiger partial charge is 0.460 e. The first-order valence-corrected chi connectivity index (χ1v) is 7.44. The van der Waals surface area contributed by atoms with Crippen LogP contribution in [-0.2, 0) is 9.59 Å². The van der Waals surface area contributed by atoms with Crippen molar-refractivity contribution in [1.29, 1.82) is 0 Å². The molecule has 1 heterocycles. The summed E-state index contributed by atoms with van der Waals surface area (Å²) in [7, 11) is 0. The lowest BCUT2D eigenvalue weighted by Crippen LogP contribution is -2.77. The summed E-state index contributed by atoms with van der Waals surface area (Å²) < 4.78 is 263. The van der Waals surface area contributed by atoms with E-state index in [-0.39, 0.29) is 5.32 Å². The van der Waals surface area contributed by atoms with E-state index in [1.165, 1.54) is 0 Å². The molecule has 0 aromatic rings. The smallest absolute Gasteiger partial charge is 0.288 e. The van der Waals surface area contributed by atoms with Gasteiger partial charge in [-0.3, -0.25) is 14.9 Å². The average molecular weight is 571 g/mol. The second kappa shape index (κ2) is 7.16. The predicted octanol–water partition coefficient (Wildman–Crippen LogP) is 5.00. The van der Waals surface area contributed by atoms with Gasteiger partial charge in [-0.1, -0.05) is 0 Å². The number of carbonyl (C=O) groups excluding carboxylic acids is 2. The Morgan fingerprint density at radius 2 is 0.743 bits per heavy atom. The van der Waals surface area contributed by atoms with Crippen molar-refractivity contribution in [3.05, 3.63) is 0 Å². The number of imide groups is 1. The van der Waals surface area contributed by atoms with Gasteiger partial charge in [-0.05, 0) is 0 Å². The van der Waals surface area contributed by atoms with Crippen LogP contribution in [0.4, 0.5) is 87.8 Å². The molecule has 1 atom stereocenters. The molecule has 35 heavy (non-hydrogen) atoms. The van der Waals surface area contributed by atoms with E-state index in [4.69, 9.17) is 0 Å². The van der Waals surface area contributed by atoms with E-state index in [1.807, 2.05) is 0 Å². The Kier molecular flexibility index (Phi) is 6.29. The first-order valence-electron chi connectivity index (χ1n) is 7.44. The molecule has 0 saturated carbocycles. The Labute approximate surface area is 175 Å². The number of hydrogen-bond acceptors (Lipinski definition) is 2. The van der Waals surface area contributed by atoms with Gasteiger partial charge in [0.25, 0.3) is 5.91 Å². The maximum atomic E-state index is 14.0. The number of amides is 2. The van der Waals surface area contributed by atoms with Gasteiger partial charge in [0, 0.05) is 0 Å². The van der Waals surface area contributed by atoms with Crippen LogP contribution in [-0.4, -0.2) is 71.0 Å². The lowest BCUT2D eigenvalue weighted by molar-refractivity contribution is -0.466. The number of hydrogen-bond donors (Lipinski definition) is 1. The third-order valence-corrected chi connectivity index (χ3v) is 4.41. The highest BCUT2D eigenvalue weighted by atomic mass is 19.4. The van der Waals surface area contributed by atoms with Gasteiger partial charge in [0.1, 0.15) is 0 Å². The fourth-order valence-corrected chi connectivity index (χ4v) is 2.29. The van der Waals surface area contributed by atoms with Crippen LogP contribution < -0.4 is 5.32 Å². The van der Waals surface area contributed by atoms with Crippen molar-refractivity contribution in [2.45, 2.75) is 59.2 Å². The molecule has 1 saturated heterocycles. The van der Waals surface area contributed by atoms with Crippen LogP contribution in [0.25, 0.3) is 0 Å². The maximum Gasteiger partial charge on any atom is 0.460 e. The van der Waals surface area contributed by atoms with Crippen LogP contribution in [0.2, 0.25) is 0 Å². The SMILES string of the molecule is O=C1NC(=O)C(F)(C(F)(F)C(F)(F)C(F)(F)C(F)(F)C(F)(F)C(F)(F)C(F)(F)C(F)(F)F)C1(F)F. The lowest BCUT2D eigenvalue weighted by atomic mass is 9.81. The molecular weight excluding hydrogens is 570 g/mol. The molecule has 1 rings (SSSR count). The fourth-order valence-electron chi connectivity index (χ4n) is 2.29. The monoisotopic (exact) mass is 571 g/mol. The summed E-state index contributed by atoms with van der Waals surface area (Å²) >= 11 is 0. The van der Waals surface area contributed by atoms with Crippen LogP contribution in [0.3, 0.4) is 0 Å². The molecule has 0 spiro atoms. The number of rotatable bonds is 7. The Hall–Kier alpha value is -2.26. The van der Waals surface area contributed by atoms with E-state index < -0.39 is 71.0 Å². The van der Waals surface area contributed by atoms with Gasteiger partial charge in [-0.15, -0.1) is 0 Å². The highest BCUT2D eigenvalue weighted by Gasteiger charge is 2.99. The van der Waals surface area contributed by atoms with Crippen molar-refractivity contribution in [3.63, 3.8) is 0 Å². The third kappa shape index (κ3) is 3.13. The summed E-state index contributed by atoms with van der Waals surface area (Å²) in [5.41, 5.74) is -7.34. The highest BCUT2D eigenvalue weighted by Crippen LogP contribution is 2.66. The van der Waals surface area contributed by atoms with Crippen LogP contribution in [0, 0.1) is 0 Å². The number of nitrogens with one attached hydrogen (secondary N) is 1. The van der Waals surface area contributed by atoms with Crippen LogP contribution in [0.15, 0.2) is 0 Å². The van der Waals surface area contributed by atoms with Gasteiger partial charge in [0.15, 0.2) is 0 Å². The zero-order chi connectivity index (χ0) is 28.9. The summed E-state index contributed by atoms with van der Waals surface area (Å²) in [6.07, 6.45) is -8.01. The topological polar surface area (TPSA) is 46.2 Å². The Balaban J connectivity index is 3.86. The number of alkyl halides is 20. The highest BCUT2D eigenvalue weighted by molar-refractivity contribution is 6.13. The molecule has 2 amide bonds. The first-order chi connectivity index (χ1) is 14.8. The number of halogens is 20. The molecule has 23 heteroatoms. The van der Waals surface area contributed by atoms with Crippen molar-refractivity contribution in [1.82, 2.24) is 5.32 Å². The van der Waals surface area contributed by atoms with E-state index in [9.17, 15) is 97.4 Å². The van der Waals surface area contributed by atoms with Crippen molar-refractivity contribution in [2.24, 2.45) is 0 Å². The fraction of sp³-hybridized carbons (Fsp3) is 0.833. The molecule has 1 N–H and O–H groups in total. The van der Waals surface area contributed by atoms with E-state index in [1.54, 1.807) is 0 Å². The van der Waals surface area contributed by atoms with Crippen molar-refractivity contribution < 1.29 is 97.4 Å². The Morgan fingerprint density at radius 3 is 1.00 bits per heavy atom. The predicted molar refractivity (Wildman–Crippen MR) is 62.6 cm³/mol. The minimum Gasteiger partial charge on any atom is -0.288 e. The summed E-state index contributed by atoms with van der Waals surface area (Å²) in [6.45, 7) is 0. The Morgan fingerprint density at radius 1 is 0.457 bits per heavy atom. The van der Waals surface area contributed by atoms with Gasteiger partial charge in [0.2, 0.25) is 0 Å². The molecule has 1 aliphatic rings. The second-order valence-corrected chi connectivity index (χ2v) is 6.53. The molecule has 3 nitrogen and oxygen atoms in total.